The summed E-state index contributed by atoms with van der Waals surface area (Å²) in [7, 11) is 0. The van der Waals surface area contributed by atoms with Crippen molar-refractivity contribution in [3.05, 3.63) is 0 Å². The molecule has 2 nitrogen and oxygen atoms in total. The van der Waals surface area contributed by atoms with Crippen molar-refractivity contribution in [3.63, 3.8) is 0 Å². The Labute approximate surface area is 107 Å². The van der Waals surface area contributed by atoms with E-state index in [-0.39, 0.29) is 0 Å². The molecule has 0 aromatic heterocycles. The first kappa shape index (κ1) is 13.4. The third-order valence-electron chi connectivity index (χ3n) is 5.11. The predicted octanol–water partition coefficient (Wildman–Crippen LogP) is 3.36. The molecular weight excluding hydrogens is 210 g/mol. The Hall–Kier alpha value is -0.0800. The Kier molecular flexibility index (Phi) is 4.14. The van der Waals surface area contributed by atoms with Crippen molar-refractivity contribution in [2.75, 3.05) is 6.61 Å². The molecule has 0 aromatic rings. The van der Waals surface area contributed by atoms with Crippen molar-refractivity contribution in [3.8, 4) is 0 Å². The maximum atomic E-state index is 5.85. The van der Waals surface area contributed by atoms with E-state index in [4.69, 9.17) is 4.74 Å². The highest BCUT2D eigenvalue weighted by atomic mass is 16.5. The van der Waals surface area contributed by atoms with Gasteiger partial charge in [-0.15, -0.1) is 0 Å². The monoisotopic (exact) mass is 239 g/mol. The van der Waals surface area contributed by atoms with Crippen LogP contribution in [-0.2, 0) is 4.74 Å². The second-order valence-electron chi connectivity index (χ2n) is 6.15. The van der Waals surface area contributed by atoms with Gasteiger partial charge in [-0.25, -0.2) is 0 Å². The van der Waals surface area contributed by atoms with E-state index in [9.17, 15) is 0 Å². The molecule has 2 heteroatoms. The van der Waals surface area contributed by atoms with Crippen LogP contribution in [0.2, 0.25) is 0 Å². The zero-order chi connectivity index (χ0) is 12.5. The van der Waals surface area contributed by atoms with Crippen LogP contribution in [-0.4, -0.2) is 24.8 Å². The van der Waals surface area contributed by atoms with Crippen LogP contribution >= 0.6 is 0 Å². The summed E-state index contributed by atoms with van der Waals surface area (Å²) in [5.74, 6) is 0.965. The van der Waals surface area contributed by atoms with Crippen LogP contribution in [0.3, 0.4) is 0 Å². The van der Waals surface area contributed by atoms with Gasteiger partial charge in [0.25, 0.3) is 0 Å². The van der Waals surface area contributed by atoms with Crippen molar-refractivity contribution in [1.82, 2.24) is 5.32 Å². The molecule has 0 spiro atoms. The van der Waals surface area contributed by atoms with Crippen LogP contribution in [0.1, 0.15) is 59.8 Å². The van der Waals surface area contributed by atoms with E-state index in [2.05, 4.69) is 33.0 Å². The smallest absolute Gasteiger partial charge is 0.0658 e. The molecule has 0 saturated heterocycles. The lowest BCUT2D eigenvalue weighted by molar-refractivity contribution is -0.126. The van der Waals surface area contributed by atoms with Gasteiger partial charge in [-0.3, -0.25) is 0 Å². The molecule has 1 N–H and O–H groups in total. The average Bonchev–Trinajstić information content (AvgIpc) is 3.05. The number of rotatable bonds is 7. The lowest BCUT2D eigenvalue weighted by atomic mass is 9.61. The summed E-state index contributed by atoms with van der Waals surface area (Å²) in [5, 5.41) is 3.88. The summed E-state index contributed by atoms with van der Waals surface area (Å²) >= 11 is 0. The summed E-state index contributed by atoms with van der Waals surface area (Å²) in [4.78, 5) is 0. The maximum absolute atomic E-state index is 5.85. The molecule has 0 amide bonds. The van der Waals surface area contributed by atoms with Crippen LogP contribution in [0, 0.1) is 11.3 Å². The van der Waals surface area contributed by atoms with Crippen molar-refractivity contribution >= 4 is 0 Å². The highest BCUT2D eigenvalue weighted by Crippen LogP contribution is 2.48. The van der Waals surface area contributed by atoms with Gasteiger partial charge in [-0.1, -0.05) is 27.2 Å². The zero-order valence-electron chi connectivity index (χ0n) is 12.0. The Balaban J connectivity index is 1.79. The van der Waals surface area contributed by atoms with Crippen LogP contribution in [0.5, 0.6) is 0 Å². The Morgan fingerprint density at radius 2 is 2.00 bits per heavy atom. The molecule has 2 fully saturated rings. The standard InChI is InChI=1S/C15H29NO/c1-5-8-11-9-12(11)16-13-10-14(17-7-3)15(13,4)6-2/h11-14,16H,5-10H2,1-4H3. The van der Waals surface area contributed by atoms with Gasteiger partial charge in [0.2, 0.25) is 0 Å². The van der Waals surface area contributed by atoms with Crippen molar-refractivity contribution in [2.45, 2.75) is 78.0 Å². The van der Waals surface area contributed by atoms with Gasteiger partial charge in [0, 0.05) is 24.1 Å². The third-order valence-corrected chi connectivity index (χ3v) is 5.11. The van der Waals surface area contributed by atoms with Gasteiger partial charge in [0.05, 0.1) is 6.10 Å². The normalized spacial score (nSPS) is 44.5. The van der Waals surface area contributed by atoms with E-state index >= 15 is 0 Å². The molecule has 5 atom stereocenters. The molecule has 0 radical (unpaired) electrons. The maximum Gasteiger partial charge on any atom is 0.0658 e. The molecule has 2 saturated carbocycles. The van der Waals surface area contributed by atoms with Gasteiger partial charge < -0.3 is 10.1 Å². The zero-order valence-corrected chi connectivity index (χ0v) is 12.0. The minimum absolute atomic E-state index is 0.370. The minimum Gasteiger partial charge on any atom is -0.378 e. The van der Waals surface area contributed by atoms with Gasteiger partial charge >= 0.3 is 0 Å². The van der Waals surface area contributed by atoms with E-state index in [1.807, 2.05) is 0 Å². The average molecular weight is 239 g/mol. The molecule has 2 aliphatic carbocycles. The minimum atomic E-state index is 0.370. The van der Waals surface area contributed by atoms with Crippen LogP contribution < -0.4 is 5.32 Å². The van der Waals surface area contributed by atoms with E-state index in [1.165, 1.54) is 32.1 Å². The SMILES string of the molecule is CCCC1CC1NC1CC(OCC)C1(C)CC. The summed E-state index contributed by atoms with van der Waals surface area (Å²) in [6, 6.07) is 1.50. The molecule has 0 bridgehead atoms. The number of nitrogens with one attached hydrogen (secondary N) is 1. The first-order valence-corrected chi connectivity index (χ1v) is 7.53. The quantitative estimate of drug-likeness (QED) is 0.735. The van der Waals surface area contributed by atoms with E-state index in [0.717, 1.165) is 18.6 Å². The summed E-state index contributed by atoms with van der Waals surface area (Å²) < 4.78 is 5.85. The lowest BCUT2D eigenvalue weighted by Gasteiger charge is -2.54. The fourth-order valence-corrected chi connectivity index (χ4v) is 3.41. The van der Waals surface area contributed by atoms with Crippen LogP contribution in [0.15, 0.2) is 0 Å². The number of ether oxygens (including phenoxy) is 1. The van der Waals surface area contributed by atoms with Gasteiger partial charge in [0.1, 0.15) is 0 Å². The Morgan fingerprint density at radius 3 is 2.59 bits per heavy atom. The Bertz CT molecular complexity index is 255. The van der Waals surface area contributed by atoms with Gasteiger partial charge in [-0.05, 0) is 38.5 Å². The highest BCUT2D eigenvalue weighted by Gasteiger charge is 2.53. The van der Waals surface area contributed by atoms with E-state index in [1.54, 1.807) is 0 Å². The van der Waals surface area contributed by atoms with E-state index < -0.39 is 0 Å². The highest BCUT2D eigenvalue weighted by molar-refractivity contribution is 5.08. The van der Waals surface area contributed by atoms with Crippen molar-refractivity contribution in [2.24, 2.45) is 11.3 Å². The lowest BCUT2D eigenvalue weighted by Crippen LogP contribution is -2.62. The van der Waals surface area contributed by atoms with E-state index in [0.29, 0.717) is 17.6 Å². The van der Waals surface area contributed by atoms with Crippen molar-refractivity contribution < 1.29 is 4.74 Å². The van der Waals surface area contributed by atoms with Crippen molar-refractivity contribution in [1.29, 1.82) is 0 Å². The second-order valence-corrected chi connectivity index (χ2v) is 6.15. The molecule has 17 heavy (non-hydrogen) atoms. The first-order valence-electron chi connectivity index (χ1n) is 7.53. The Morgan fingerprint density at radius 1 is 1.24 bits per heavy atom. The van der Waals surface area contributed by atoms with Crippen LogP contribution in [0.25, 0.3) is 0 Å². The second kappa shape index (κ2) is 5.27. The molecule has 2 rings (SSSR count). The molecule has 100 valence electrons. The summed E-state index contributed by atoms with van der Waals surface area (Å²) in [6.45, 7) is 9.95. The number of hydrogen-bond acceptors (Lipinski definition) is 2. The number of hydrogen-bond donors (Lipinski definition) is 1. The largest absolute Gasteiger partial charge is 0.378 e. The molecular formula is C15H29NO. The summed E-state index contributed by atoms with van der Waals surface area (Å²) in [5.41, 5.74) is 0.370. The van der Waals surface area contributed by atoms with Gasteiger partial charge in [-0.2, -0.15) is 0 Å². The molecule has 0 aliphatic heterocycles. The topological polar surface area (TPSA) is 21.3 Å². The molecule has 5 unspecified atom stereocenters. The van der Waals surface area contributed by atoms with Gasteiger partial charge in [0.15, 0.2) is 0 Å². The van der Waals surface area contributed by atoms with Crippen LogP contribution in [0.4, 0.5) is 0 Å². The predicted molar refractivity (Wildman–Crippen MR) is 72.2 cm³/mol. The first-order chi connectivity index (χ1) is 8.15. The molecule has 2 aliphatic rings. The third kappa shape index (κ3) is 2.53. The fraction of sp³-hybridized carbons (Fsp3) is 1.00. The fourth-order valence-electron chi connectivity index (χ4n) is 3.41. The molecule has 0 heterocycles. The summed E-state index contributed by atoms with van der Waals surface area (Å²) in [6.07, 6.45) is 7.07. The molecule has 0 aromatic carbocycles.